The first-order valence-electron chi connectivity index (χ1n) is 7.68. The van der Waals surface area contributed by atoms with E-state index < -0.39 is 11.7 Å². The molecular formula is C16H23ClFN3O3. The lowest BCUT2D eigenvalue weighted by Crippen LogP contribution is -2.46. The summed E-state index contributed by atoms with van der Waals surface area (Å²) in [5.41, 5.74) is 5.29. The minimum atomic E-state index is -0.621. The Morgan fingerprint density at radius 1 is 1.46 bits per heavy atom. The van der Waals surface area contributed by atoms with E-state index in [9.17, 15) is 14.0 Å². The molecule has 1 unspecified atom stereocenters. The third-order valence-electron chi connectivity index (χ3n) is 3.93. The first kappa shape index (κ1) is 20.2. The molecule has 0 aliphatic carbocycles. The van der Waals surface area contributed by atoms with Gasteiger partial charge in [0.2, 0.25) is 5.91 Å². The number of ether oxygens (including phenoxy) is 1. The molecule has 134 valence electrons. The van der Waals surface area contributed by atoms with Crippen LogP contribution in [0.15, 0.2) is 18.2 Å². The summed E-state index contributed by atoms with van der Waals surface area (Å²) < 4.78 is 19.1. The van der Waals surface area contributed by atoms with Crippen LogP contribution in [0.4, 0.5) is 4.39 Å². The summed E-state index contributed by atoms with van der Waals surface area (Å²) in [6.07, 6.45) is 1.40. The molecule has 0 spiro atoms. The molecule has 2 rings (SSSR count). The average Bonchev–Trinajstić information content (AvgIpc) is 2.58. The van der Waals surface area contributed by atoms with Crippen LogP contribution in [0.1, 0.15) is 23.2 Å². The molecule has 1 aromatic rings. The Labute approximate surface area is 146 Å². The number of piperidine rings is 1. The highest BCUT2D eigenvalue weighted by Gasteiger charge is 2.31. The van der Waals surface area contributed by atoms with E-state index in [4.69, 9.17) is 10.5 Å². The van der Waals surface area contributed by atoms with E-state index in [1.54, 1.807) is 6.07 Å². The second-order valence-electron chi connectivity index (χ2n) is 5.49. The molecule has 1 aliphatic rings. The van der Waals surface area contributed by atoms with Gasteiger partial charge in [-0.25, -0.2) is 4.39 Å². The van der Waals surface area contributed by atoms with Gasteiger partial charge in [-0.05, 0) is 25.0 Å². The summed E-state index contributed by atoms with van der Waals surface area (Å²) in [5, 5.41) is 2.73. The van der Waals surface area contributed by atoms with E-state index in [2.05, 4.69) is 5.32 Å². The van der Waals surface area contributed by atoms with E-state index >= 15 is 0 Å². The third-order valence-corrected chi connectivity index (χ3v) is 3.93. The lowest BCUT2D eigenvalue weighted by atomic mass is 9.96. The molecule has 6 nitrogen and oxygen atoms in total. The number of nitrogens with zero attached hydrogens (tertiary/aromatic N) is 1. The Kier molecular flexibility index (Phi) is 7.94. The Bertz CT molecular complexity index is 586. The lowest BCUT2D eigenvalue weighted by molar-refractivity contribution is -0.126. The Hall–Kier alpha value is -1.86. The summed E-state index contributed by atoms with van der Waals surface area (Å²) in [7, 11) is 1.39. The fourth-order valence-electron chi connectivity index (χ4n) is 2.76. The fraction of sp³-hybridized carbons (Fsp3) is 0.500. The molecule has 1 atom stereocenters. The number of amides is 2. The highest BCUT2D eigenvalue weighted by atomic mass is 35.5. The van der Waals surface area contributed by atoms with Crippen molar-refractivity contribution >= 4 is 24.2 Å². The number of methoxy groups -OCH3 is 1. The van der Waals surface area contributed by atoms with Gasteiger partial charge in [-0.3, -0.25) is 9.59 Å². The van der Waals surface area contributed by atoms with Gasteiger partial charge in [0.05, 0.1) is 13.0 Å². The number of halogens is 2. The van der Waals surface area contributed by atoms with Crippen molar-refractivity contribution in [3.63, 3.8) is 0 Å². The molecule has 0 bridgehead atoms. The number of nitrogens with two attached hydrogens (primary N) is 1. The Morgan fingerprint density at radius 3 is 2.88 bits per heavy atom. The van der Waals surface area contributed by atoms with Crippen LogP contribution in [-0.4, -0.2) is 50.0 Å². The largest absolute Gasteiger partial charge is 0.496 e. The molecule has 24 heavy (non-hydrogen) atoms. The molecular weight excluding hydrogens is 337 g/mol. The van der Waals surface area contributed by atoms with Crippen molar-refractivity contribution < 1.29 is 18.7 Å². The van der Waals surface area contributed by atoms with Gasteiger partial charge in [0.1, 0.15) is 17.1 Å². The first-order chi connectivity index (χ1) is 11.1. The highest BCUT2D eigenvalue weighted by Crippen LogP contribution is 2.25. The van der Waals surface area contributed by atoms with Crippen LogP contribution in [0.25, 0.3) is 0 Å². The van der Waals surface area contributed by atoms with Crippen LogP contribution in [0.2, 0.25) is 0 Å². The zero-order valence-electron chi connectivity index (χ0n) is 13.6. The number of likely N-dealkylation sites (tertiary alicyclic amines) is 1. The van der Waals surface area contributed by atoms with Gasteiger partial charge in [-0.15, -0.1) is 12.4 Å². The predicted octanol–water partition coefficient (Wildman–Crippen LogP) is 1.18. The minimum Gasteiger partial charge on any atom is -0.496 e. The minimum absolute atomic E-state index is 0. The predicted molar refractivity (Wildman–Crippen MR) is 90.9 cm³/mol. The number of carbonyl (C=O) groups is 2. The fourth-order valence-corrected chi connectivity index (χ4v) is 2.76. The van der Waals surface area contributed by atoms with Crippen LogP contribution in [0.5, 0.6) is 5.75 Å². The first-order valence-corrected chi connectivity index (χ1v) is 7.68. The summed E-state index contributed by atoms with van der Waals surface area (Å²) in [5.74, 6) is -1.28. The van der Waals surface area contributed by atoms with E-state index in [1.807, 2.05) is 0 Å². The summed E-state index contributed by atoms with van der Waals surface area (Å²) in [6, 6.07) is 4.26. The molecule has 1 saturated heterocycles. The smallest absolute Gasteiger partial charge is 0.260 e. The van der Waals surface area contributed by atoms with E-state index in [-0.39, 0.29) is 42.1 Å². The van der Waals surface area contributed by atoms with Crippen LogP contribution >= 0.6 is 12.4 Å². The molecule has 1 aromatic carbocycles. The maximum atomic E-state index is 14.0. The van der Waals surface area contributed by atoms with Crippen LogP contribution in [0, 0.1) is 11.7 Å². The zero-order chi connectivity index (χ0) is 16.8. The topological polar surface area (TPSA) is 84.7 Å². The van der Waals surface area contributed by atoms with Gasteiger partial charge < -0.3 is 20.7 Å². The van der Waals surface area contributed by atoms with Gasteiger partial charge in [-0.1, -0.05) is 6.07 Å². The number of hydrogen-bond donors (Lipinski definition) is 2. The molecule has 1 aliphatic heterocycles. The van der Waals surface area contributed by atoms with Crippen molar-refractivity contribution in [2.24, 2.45) is 11.7 Å². The summed E-state index contributed by atoms with van der Waals surface area (Å²) >= 11 is 0. The van der Waals surface area contributed by atoms with Crippen molar-refractivity contribution in [3.8, 4) is 5.75 Å². The van der Waals surface area contributed by atoms with E-state index in [0.717, 1.165) is 0 Å². The monoisotopic (exact) mass is 359 g/mol. The number of hydrogen-bond acceptors (Lipinski definition) is 4. The number of rotatable bonds is 5. The number of benzene rings is 1. The maximum Gasteiger partial charge on any atom is 0.260 e. The molecule has 3 N–H and O–H groups in total. The average molecular weight is 360 g/mol. The summed E-state index contributed by atoms with van der Waals surface area (Å²) in [4.78, 5) is 26.2. The Balaban J connectivity index is 0.00000288. The quantitative estimate of drug-likeness (QED) is 0.826. The van der Waals surface area contributed by atoms with Crippen molar-refractivity contribution in [1.29, 1.82) is 0 Å². The van der Waals surface area contributed by atoms with Gasteiger partial charge in [-0.2, -0.15) is 0 Å². The summed E-state index contributed by atoms with van der Waals surface area (Å²) in [6.45, 7) is 1.54. The SMILES string of the molecule is COc1cccc(F)c1C(=O)N1CCCC(C(=O)NCCN)C1.Cl. The van der Waals surface area contributed by atoms with Crippen molar-refractivity contribution in [3.05, 3.63) is 29.6 Å². The lowest BCUT2D eigenvalue weighted by Gasteiger charge is -2.32. The van der Waals surface area contributed by atoms with Gasteiger partial charge in [0.15, 0.2) is 0 Å². The van der Waals surface area contributed by atoms with Crippen LogP contribution < -0.4 is 15.8 Å². The van der Waals surface area contributed by atoms with Gasteiger partial charge in [0, 0.05) is 26.2 Å². The second kappa shape index (κ2) is 9.44. The molecule has 0 aromatic heterocycles. The molecule has 1 fully saturated rings. The zero-order valence-corrected chi connectivity index (χ0v) is 14.4. The molecule has 0 saturated carbocycles. The molecule has 8 heteroatoms. The van der Waals surface area contributed by atoms with Crippen molar-refractivity contribution in [2.45, 2.75) is 12.8 Å². The third kappa shape index (κ3) is 4.58. The normalized spacial score (nSPS) is 17.0. The van der Waals surface area contributed by atoms with Gasteiger partial charge in [0.25, 0.3) is 5.91 Å². The van der Waals surface area contributed by atoms with Crippen LogP contribution in [0.3, 0.4) is 0 Å². The second-order valence-corrected chi connectivity index (χ2v) is 5.49. The van der Waals surface area contributed by atoms with Crippen molar-refractivity contribution in [2.75, 3.05) is 33.3 Å². The molecule has 1 heterocycles. The Morgan fingerprint density at radius 2 is 2.21 bits per heavy atom. The highest BCUT2D eigenvalue weighted by molar-refractivity contribution is 5.97. The van der Waals surface area contributed by atoms with Gasteiger partial charge >= 0.3 is 0 Å². The van der Waals surface area contributed by atoms with Crippen molar-refractivity contribution in [1.82, 2.24) is 10.2 Å². The van der Waals surface area contributed by atoms with Crippen LogP contribution in [-0.2, 0) is 4.79 Å². The number of carbonyl (C=O) groups excluding carboxylic acids is 2. The van der Waals surface area contributed by atoms with E-state index in [0.29, 0.717) is 32.5 Å². The maximum absolute atomic E-state index is 14.0. The molecule has 2 amide bonds. The van der Waals surface area contributed by atoms with E-state index in [1.165, 1.54) is 24.1 Å². The standard InChI is InChI=1S/C16H22FN3O3.ClH/c1-23-13-6-2-5-12(17)14(13)16(22)20-9-3-4-11(10-20)15(21)19-8-7-18;/h2,5-6,11H,3-4,7-10,18H2,1H3,(H,19,21);1H. The number of nitrogens with one attached hydrogen (secondary N) is 1. The molecule has 0 radical (unpaired) electrons.